The number of nitro groups is 1. The van der Waals surface area contributed by atoms with Gasteiger partial charge in [0.05, 0.1) is 10.5 Å². The Hall–Kier alpha value is -2.21. The van der Waals surface area contributed by atoms with E-state index in [2.05, 4.69) is 15.9 Å². The van der Waals surface area contributed by atoms with E-state index in [1.165, 1.54) is 23.1 Å². The minimum Gasteiger partial charge on any atom is -0.337 e. The molecule has 0 heterocycles. The van der Waals surface area contributed by atoms with Crippen molar-refractivity contribution in [2.24, 2.45) is 0 Å². The molecule has 0 aliphatic carbocycles. The highest BCUT2D eigenvalue weighted by atomic mass is 79.9. The molecule has 108 valence electrons. The van der Waals surface area contributed by atoms with Crippen LogP contribution in [0.2, 0.25) is 0 Å². The molecule has 1 amide bonds. The van der Waals surface area contributed by atoms with Gasteiger partial charge in [0.2, 0.25) is 0 Å². The van der Waals surface area contributed by atoms with Gasteiger partial charge in [-0.3, -0.25) is 14.9 Å². The normalized spacial score (nSPS) is 10.2. The Morgan fingerprint density at radius 3 is 2.52 bits per heavy atom. The van der Waals surface area contributed by atoms with Gasteiger partial charge in [-0.2, -0.15) is 0 Å². The first kappa shape index (κ1) is 15.2. The molecule has 0 bridgehead atoms. The van der Waals surface area contributed by atoms with E-state index in [0.29, 0.717) is 11.0 Å². The quantitative estimate of drug-likeness (QED) is 0.625. The van der Waals surface area contributed by atoms with Crippen molar-refractivity contribution in [2.45, 2.75) is 6.54 Å². The van der Waals surface area contributed by atoms with E-state index in [9.17, 15) is 14.9 Å². The Morgan fingerprint density at radius 1 is 1.24 bits per heavy atom. The van der Waals surface area contributed by atoms with Gasteiger partial charge in [0, 0.05) is 30.2 Å². The summed E-state index contributed by atoms with van der Waals surface area (Å²) in [6.45, 7) is 0.439. The lowest BCUT2D eigenvalue weighted by molar-refractivity contribution is -0.384. The number of nitro benzene ring substituents is 1. The van der Waals surface area contributed by atoms with Gasteiger partial charge in [-0.1, -0.05) is 30.3 Å². The largest absolute Gasteiger partial charge is 0.337 e. The van der Waals surface area contributed by atoms with Gasteiger partial charge >= 0.3 is 0 Å². The van der Waals surface area contributed by atoms with E-state index in [1.807, 2.05) is 30.3 Å². The third-order valence-corrected chi connectivity index (χ3v) is 3.69. The number of nitrogens with zero attached hydrogens (tertiary/aromatic N) is 2. The average molecular weight is 349 g/mol. The van der Waals surface area contributed by atoms with Crippen LogP contribution in [0.15, 0.2) is 53.0 Å². The molecule has 0 atom stereocenters. The first-order chi connectivity index (χ1) is 9.99. The molecule has 0 radical (unpaired) electrons. The maximum atomic E-state index is 12.4. The van der Waals surface area contributed by atoms with Gasteiger partial charge in [-0.25, -0.2) is 0 Å². The maximum absolute atomic E-state index is 12.4. The zero-order valence-electron chi connectivity index (χ0n) is 11.3. The fraction of sp³-hybridized carbons (Fsp3) is 0.133. The van der Waals surface area contributed by atoms with Crippen molar-refractivity contribution in [3.63, 3.8) is 0 Å². The topological polar surface area (TPSA) is 63.5 Å². The highest BCUT2D eigenvalue weighted by molar-refractivity contribution is 9.10. The fourth-order valence-electron chi connectivity index (χ4n) is 1.93. The molecule has 6 heteroatoms. The third-order valence-electron chi connectivity index (χ3n) is 3.00. The lowest BCUT2D eigenvalue weighted by Crippen LogP contribution is -2.26. The standard InChI is InChI=1S/C15H13BrN2O3/c1-17(10-11-5-3-2-4-6-11)15(19)13-9-12(18(20)21)7-8-14(13)16/h2-9H,10H2,1H3. The summed E-state index contributed by atoms with van der Waals surface area (Å²) in [5, 5.41) is 10.8. The summed E-state index contributed by atoms with van der Waals surface area (Å²) in [4.78, 5) is 24.2. The molecule has 0 aromatic heterocycles. The molecule has 0 aliphatic heterocycles. The second-order valence-electron chi connectivity index (χ2n) is 4.57. The molecular weight excluding hydrogens is 336 g/mol. The summed E-state index contributed by atoms with van der Waals surface area (Å²) >= 11 is 3.26. The number of halogens is 1. The second-order valence-corrected chi connectivity index (χ2v) is 5.42. The molecule has 5 nitrogen and oxygen atoms in total. The Labute approximate surface area is 130 Å². The smallest absolute Gasteiger partial charge is 0.270 e. The van der Waals surface area contributed by atoms with Crippen molar-refractivity contribution in [1.82, 2.24) is 4.90 Å². The Bertz CT molecular complexity index is 674. The zero-order valence-corrected chi connectivity index (χ0v) is 12.9. The summed E-state index contributed by atoms with van der Waals surface area (Å²) in [6.07, 6.45) is 0. The van der Waals surface area contributed by atoms with Crippen LogP contribution in [0, 0.1) is 10.1 Å². The predicted molar refractivity (Wildman–Crippen MR) is 83.0 cm³/mol. The molecule has 2 rings (SSSR count). The molecular formula is C15H13BrN2O3. The van der Waals surface area contributed by atoms with E-state index < -0.39 is 4.92 Å². The highest BCUT2D eigenvalue weighted by Crippen LogP contribution is 2.24. The molecule has 0 spiro atoms. The van der Waals surface area contributed by atoms with Crippen molar-refractivity contribution in [3.8, 4) is 0 Å². The van der Waals surface area contributed by atoms with Gasteiger partial charge in [0.1, 0.15) is 0 Å². The van der Waals surface area contributed by atoms with E-state index in [-0.39, 0.29) is 17.2 Å². The summed E-state index contributed by atoms with van der Waals surface area (Å²) in [5.74, 6) is -0.269. The van der Waals surface area contributed by atoms with Crippen LogP contribution < -0.4 is 0 Å². The summed E-state index contributed by atoms with van der Waals surface area (Å²) in [6, 6.07) is 13.7. The van der Waals surface area contributed by atoms with Crippen molar-refractivity contribution in [1.29, 1.82) is 0 Å². The minimum absolute atomic E-state index is 0.102. The number of carbonyl (C=O) groups is 1. The van der Waals surface area contributed by atoms with Gasteiger partial charge in [0.25, 0.3) is 11.6 Å². The van der Waals surface area contributed by atoms with Crippen molar-refractivity contribution < 1.29 is 9.72 Å². The van der Waals surface area contributed by atoms with Crippen molar-refractivity contribution in [2.75, 3.05) is 7.05 Å². The maximum Gasteiger partial charge on any atom is 0.270 e. The number of benzene rings is 2. The molecule has 2 aromatic carbocycles. The van der Waals surface area contributed by atoms with Crippen LogP contribution in [0.3, 0.4) is 0 Å². The lowest BCUT2D eigenvalue weighted by Gasteiger charge is -2.18. The van der Waals surface area contributed by atoms with Crippen LogP contribution in [-0.2, 0) is 6.54 Å². The molecule has 2 aromatic rings. The number of hydrogen-bond acceptors (Lipinski definition) is 3. The molecule has 0 saturated carbocycles. The van der Waals surface area contributed by atoms with Crippen molar-refractivity contribution in [3.05, 3.63) is 74.2 Å². The molecule has 21 heavy (non-hydrogen) atoms. The molecule has 0 fully saturated rings. The SMILES string of the molecule is CN(Cc1ccccc1)C(=O)c1cc([N+](=O)[O-])ccc1Br. The van der Waals surface area contributed by atoms with E-state index in [1.54, 1.807) is 7.05 Å². The monoisotopic (exact) mass is 348 g/mol. The number of carbonyl (C=O) groups excluding carboxylic acids is 1. The van der Waals surface area contributed by atoms with Crippen LogP contribution in [0.1, 0.15) is 15.9 Å². The van der Waals surface area contributed by atoms with Crippen molar-refractivity contribution >= 4 is 27.5 Å². The fourth-order valence-corrected chi connectivity index (χ4v) is 2.34. The first-order valence-corrected chi connectivity index (χ1v) is 7.01. The van der Waals surface area contributed by atoms with Gasteiger partial charge in [-0.15, -0.1) is 0 Å². The molecule has 0 unspecified atom stereocenters. The van der Waals surface area contributed by atoms with Gasteiger partial charge in [-0.05, 0) is 27.6 Å². The third kappa shape index (κ3) is 3.66. The molecule has 0 saturated heterocycles. The summed E-state index contributed by atoms with van der Waals surface area (Å²) < 4.78 is 0.540. The molecule has 0 N–H and O–H groups in total. The molecule has 0 aliphatic rings. The predicted octanol–water partition coefficient (Wildman–Crippen LogP) is 3.63. The van der Waals surface area contributed by atoms with Crippen LogP contribution in [0.4, 0.5) is 5.69 Å². The van der Waals surface area contributed by atoms with E-state index in [0.717, 1.165) is 5.56 Å². The Morgan fingerprint density at radius 2 is 1.90 bits per heavy atom. The van der Waals surface area contributed by atoms with Gasteiger partial charge < -0.3 is 4.90 Å². The van der Waals surface area contributed by atoms with Crippen LogP contribution in [0.25, 0.3) is 0 Å². The Kier molecular flexibility index (Phi) is 4.70. The van der Waals surface area contributed by atoms with Gasteiger partial charge in [0.15, 0.2) is 0 Å². The summed E-state index contributed by atoms with van der Waals surface area (Å²) in [5.41, 5.74) is 1.17. The van der Waals surface area contributed by atoms with Crippen LogP contribution in [0.5, 0.6) is 0 Å². The summed E-state index contributed by atoms with van der Waals surface area (Å²) in [7, 11) is 1.67. The van der Waals surface area contributed by atoms with Crippen LogP contribution in [-0.4, -0.2) is 22.8 Å². The van der Waals surface area contributed by atoms with Crippen LogP contribution >= 0.6 is 15.9 Å². The number of rotatable bonds is 4. The lowest BCUT2D eigenvalue weighted by atomic mass is 10.1. The number of non-ortho nitro benzene ring substituents is 1. The Balaban J connectivity index is 2.23. The highest BCUT2D eigenvalue weighted by Gasteiger charge is 2.18. The number of amides is 1. The zero-order chi connectivity index (χ0) is 15.4. The van der Waals surface area contributed by atoms with E-state index >= 15 is 0 Å². The van der Waals surface area contributed by atoms with E-state index in [4.69, 9.17) is 0 Å². The number of hydrogen-bond donors (Lipinski definition) is 0. The first-order valence-electron chi connectivity index (χ1n) is 6.22. The minimum atomic E-state index is -0.513. The second kappa shape index (κ2) is 6.49. The average Bonchev–Trinajstić information content (AvgIpc) is 2.47.